The molecule has 0 bridgehead atoms. The number of nitrogens with two attached hydrogens (primary N) is 1. The molecule has 1 atom stereocenters. The van der Waals surface area contributed by atoms with Crippen molar-refractivity contribution in [2.75, 3.05) is 13.6 Å². The van der Waals surface area contributed by atoms with E-state index in [1.807, 2.05) is 25.2 Å². The number of carboxylic acid groups (broad SMARTS) is 2. The van der Waals surface area contributed by atoms with Gasteiger partial charge in [0.15, 0.2) is 0 Å². The molecule has 29 heavy (non-hydrogen) atoms. The summed E-state index contributed by atoms with van der Waals surface area (Å²) < 4.78 is 6.05. The van der Waals surface area contributed by atoms with Crippen LogP contribution in [0.25, 0.3) is 0 Å². The first kappa shape index (κ1) is 23.6. The van der Waals surface area contributed by atoms with E-state index in [0.29, 0.717) is 5.56 Å². The largest absolute Gasteiger partial charge is 0.486 e. The van der Waals surface area contributed by atoms with Crippen LogP contribution >= 0.6 is 0 Å². The summed E-state index contributed by atoms with van der Waals surface area (Å²) in [6.45, 7) is 0.860. The van der Waals surface area contributed by atoms with Crippen LogP contribution in [0.4, 0.5) is 0 Å². The third kappa shape index (κ3) is 9.92. The summed E-state index contributed by atoms with van der Waals surface area (Å²) in [6, 6.07) is 17.0. The fourth-order valence-electron chi connectivity index (χ4n) is 2.31. The molecule has 0 heterocycles. The van der Waals surface area contributed by atoms with Crippen LogP contribution in [-0.2, 0) is 9.59 Å². The molecule has 1 amide bonds. The Kier molecular flexibility index (Phi) is 10.5. The zero-order valence-electron chi connectivity index (χ0n) is 16.2. The van der Waals surface area contributed by atoms with Crippen molar-refractivity contribution in [3.05, 3.63) is 65.7 Å². The lowest BCUT2D eigenvalue weighted by molar-refractivity contribution is -0.143. The van der Waals surface area contributed by atoms with Gasteiger partial charge in [-0.05, 0) is 43.4 Å². The minimum atomic E-state index is -1.08. The molecule has 0 aliphatic carbocycles. The van der Waals surface area contributed by atoms with Crippen molar-refractivity contribution in [2.24, 2.45) is 5.73 Å². The number of aliphatic carboxylic acids is 2. The van der Waals surface area contributed by atoms with Gasteiger partial charge in [-0.1, -0.05) is 30.3 Å². The van der Waals surface area contributed by atoms with Gasteiger partial charge in [0.1, 0.15) is 11.9 Å². The Balaban J connectivity index is 0.000000447. The Morgan fingerprint density at radius 1 is 0.966 bits per heavy atom. The van der Waals surface area contributed by atoms with Gasteiger partial charge in [0.2, 0.25) is 5.91 Å². The first-order valence-corrected chi connectivity index (χ1v) is 9.03. The Hall–Kier alpha value is -3.39. The topological polar surface area (TPSA) is 139 Å². The molecule has 2 rings (SSSR count). The maximum atomic E-state index is 11.1. The van der Waals surface area contributed by atoms with Gasteiger partial charge < -0.3 is 26.0 Å². The highest BCUT2D eigenvalue weighted by atomic mass is 16.5. The van der Waals surface area contributed by atoms with E-state index in [2.05, 4.69) is 17.4 Å². The highest BCUT2D eigenvalue weighted by molar-refractivity contribution is 5.92. The Morgan fingerprint density at radius 2 is 1.52 bits per heavy atom. The molecule has 8 nitrogen and oxygen atoms in total. The highest BCUT2D eigenvalue weighted by Crippen LogP contribution is 2.24. The van der Waals surface area contributed by atoms with Crippen LogP contribution in [0.15, 0.2) is 54.6 Å². The van der Waals surface area contributed by atoms with Crippen molar-refractivity contribution < 1.29 is 29.3 Å². The number of carboxylic acids is 2. The third-order valence-electron chi connectivity index (χ3n) is 3.80. The summed E-state index contributed by atoms with van der Waals surface area (Å²) in [7, 11) is 1.92. The number of benzene rings is 2. The average Bonchev–Trinajstić information content (AvgIpc) is 2.71. The van der Waals surface area contributed by atoms with E-state index in [4.69, 9.17) is 20.7 Å². The Labute approximate surface area is 169 Å². The quantitative estimate of drug-likeness (QED) is 0.479. The molecule has 156 valence electrons. The molecule has 8 heteroatoms. The second-order valence-electron chi connectivity index (χ2n) is 6.09. The first-order valence-electron chi connectivity index (χ1n) is 9.03. The monoisotopic (exact) mass is 402 g/mol. The van der Waals surface area contributed by atoms with Crippen LogP contribution in [0.2, 0.25) is 0 Å². The molecule has 5 N–H and O–H groups in total. The number of hydrogen-bond donors (Lipinski definition) is 4. The van der Waals surface area contributed by atoms with Crippen molar-refractivity contribution in [1.82, 2.24) is 5.32 Å². The molecule has 0 aromatic heterocycles. The second-order valence-corrected chi connectivity index (χ2v) is 6.09. The third-order valence-corrected chi connectivity index (χ3v) is 3.80. The van der Waals surface area contributed by atoms with Gasteiger partial charge in [0, 0.05) is 12.0 Å². The minimum Gasteiger partial charge on any atom is -0.486 e. The summed E-state index contributed by atoms with van der Waals surface area (Å²) in [5.41, 5.74) is 6.85. The van der Waals surface area contributed by atoms with Gasteiger partial charge in [-0.15, -0.1) is 0 Å². The van der Waals surface area contributed by atoms with E-state index in [0.717, 1.165) is 24.3 Å². The predicted octanol–water partition coefficient (Wildman–Crippen LogP) is 2.45. The van der Waals surface area contributed by atoms with E-state index in [1.54, 1.807) is 24.3 Å². The van der Waals surface area contributed by atoms with Crippen molar-refractivity contribution >= 4 is 17.8 Å². The summed E-state index contributed by atoms with van der Waals surface area (Å²) >= 11 is 0. The number of ether oxygens (including phenoxy) is 1. The Bertz CT molecular complexity index is 764. The standard InChI is InChI=1S/C17H20N2O2.C4H6O4/c1-19-12-11-16(13-5-3-2-4-6-13)21-15-9-7-14(8-10-15)17(18)20;5-3(6)1-2-4(7)8/h2-10,16,19H,11-12H2,1H3,(H2,18,20);1-2H2,(H,5,6)(H,7,8). The molecular weight excluding hydrogens is 376 g/mol. The van der Waals surface area contributed by atoms with E-state index in [1.165, 1.54) is 0 Å². The van der Waals surface area contributed by atoms with Crippen LogP contribution in [0.3, 0.4) is 0 Å². The van der Waals surface area contributed by atoms with Gasteiger partial charge in [0.25, 0.3) is 0 Å². The zero-order valence-corrected chi connectivity index (χ0v) is 16.2. The lowest BCUT2D eigenvalue weighted by Crippen LogP contribution is -2.16. The van der Waals surface area contributed by atoms with Crippen LogP contribution in [0.5, 0.6) is 5.75 Å². The SMILES string of the molecule is CNCCC(Oc1ccc(C(N)=O)cc1)c1ccccc1.O=C(O)CCC(=O)O. The van der Waals surface area contributed by atoms with Crippen molar-refractivity contribution in [3.8, 4) is 5.75 Å². The average molecular weight is 402 g/mol. The van der Waals surface area contributed by atoms with E-state index in [9.17, 15) is 14.4 Å². The van der Waals surface area contributed by atoms with Gasteiger partial charge in [-0.25, -0.2) is 0 Å². The van der Waals surface area contributed by atoms with Gasteiger partial charge in [-0.3, -0.25) is 14.4 Å². The van der Waals surface area contributed by atoms with E-state index in [-0.39, 0.29) is 18.9 Å². The smallest absolute Gasteiger partial charge is 0.303 e. The van der Waals surface area contributed by atoms with Gasteiger partial charge in [-0.2, -0.15) is 0 Å². The van der Waals surface area contributed by atoms with Crippen molar-refractivity contribution in [2.45, 2.75) is 25.4 Å². The number of primary amides is 1. The number of rotatable bonds is 10. The van der Waals surface area contributed by atoms with Crippen LogP contribution in [-0.4, -0.2) is 41.7 Å². The van der Waals surface area contributed by atoms with Crippen LogP contribution < -0.4 is 15.8 Å². The molecule has 0 aliphatic rings. The molecule has 0 spiro atoms. The first-order chi connectivity index (χ1) is 13.8. The Morgan fingerprint density at radius 3 is 1.97 bits per heavy atom. The summed E-state index contributed by atoms with van der Waals surface area (Å²) in [5, 5.41) is 18.9. The van der Waals surface area contributed by atoms with Gasteiger partial charge >= 0.3 is 11.9 Å². The molecule has 1 unspecified atom stereocenters. The number of amides is 1. The fraction of sp³-hybridized carbons (Fsp3) is 0.286. The van der Waals surface area contributed by atoms with E-state index < -0.39 is 17.8 Å². The summed E-state index contributed by atoms with van der Waals surface area (Å²) in [5.74, 6) is -1.86. The fourth-order valence-corrected chi connectivity index (χ4v) is 2.31. The lowest BCUT2D eigenvalue weighted by Gasteiger charge is -2.19. The molecule has 2 aromatic carbocycles. The molecule has 0 aliphatic heterocycles. The molecule has 0 radical (unpaired) electrons. The van der Waals surface area contributed by atoms with E-state index >= 15 is 0 Å². The maximum absolute atomic E-state index is 11.1. The zero-order chi connectivity index (χ0) is 21.6. The number of hydrogen-bond acceptors (Lipinski definition) is 5. The maximum Gasteiger partial charge on any atom is 0.303 e. The van der Waals surface area contributed by atoms with Gasteiger partial charge in [0.05, 0.1) is 12.8 Å². The normalized spacial score (nSPS) is 10.9. The number of carbonyl (C=O) groups is 3. The number of nitrogens with one attached hydrogen (secondary N) is 1. The predicted molar refractivity (Wildman–Crippen MR) is 108 cm³/mol. The van der Waals surface area contributed by atoms with Crippen molar-refractivity contribution in [1.29, 1.82) is 0 Å². The molecular formula is C21H26N2O6. The van der Waals surface area contributed by atoms with Crippen LogP contribution in [0, 0.1) is 0 Å². The van der Waals surface area contributed by atoms with Crippen molar-refractivity contribution in [3.63, 3.8) is 0 Å². The molecule has 0 saturated carbocycles. The summed E-state index contributed by atoms with van der Waals surface area (Å²) in [6.07, 6.45) is 0.237. The lowest BCUT2D eigenvalue weighted by atomic mass is 10.1. The number of carbonyl (C=O) groups excluding carboxylic acids is 1. The second kappa shape index (κ2) is 12.9. The minimum absolute atomic E-state index is 0.0296. The molecule has 0 saturated heterocycles. The summed E-state index contributed by atoms with van der Waals surface area (Å²) in [4.78, 5) is 30.4. The highest BCUT2D eigenvalue weighted by Gasteiger charge is 2.13. The van der Waals surface area contributed by atoms with Crippen LogP contribution in [0.1, 0.15) is 41.3 Å². The molecule has 2 aromatic rings. The molecule has 0 fully saturated rings.